The number of carbonyl (C=O) groups excluding carboxylic acids is 1. The number of halogens is 3. The molecule has 1 aromatic carbocycles. The van der Waals surface area contributed by atoms with Gasteiger partial charge in [0.2, 0.25) is 5.91 Å². The molecule has 2 rings (SSSR count). The lowest BCUT2D eigenvalue weighted by molar-refractivity contribution is -0.141. The van der Waals surface area contributed by atoms with Gasteiger partial charge in [0.05, 0.1) is 12.8 Å². The highest BCUT2D eigenvalue weighted by atomic mass is 32.2. The van der Waals surface area contributed by atoms with Crippen LogP contribution in [0.15, 0.2) is 35.5 Å². The highest BCUT2D eigenvalue weighted by Crippen LogP contribution is 2.32. The van der Waals surface area contributed by atoms with Crippen LogP contribution in [0.2, 0.25) is 0 Å². The lowest BCUT2D eigenvalue weighted by Gasteiger charge is -2.11. The minimum absolute atomic E-state index is 0.0149. The van der Waals surface area contributed by atoms with Gasteiger partial charge in [-0.05, 0) is 36.8 Å². The highest BCUT2D eigenvalue weighted by molar-refractivity contribution is 7.99. The second-order valence-electron chi connectivity index (χ2n) is 5.60. The van der Waals surface area contributed by atoms with E-state index >= 15 is 0 Å². The molecule has 0 unspecified atom stereocenters. The Morgan fingerprint density at radius 2 is 1.93 bits per heavy atom. The molecule has 0 saturated heterocycles. The van der Waals surface area contributed by atoms with Gasteiger partial charge in [0.15, 0.2) is 5.16 Å². The lowest BCUT2D eigenvalue weighted by Crippen LogP contribution is -2.24. The number of methoxy groups -OCH3 is 1. The van der Waals surface area contributed by atoms with E-state index in [0.29, 0.717) is 23.6 Å². The molecule has 0 bridgehead atoms. The summed E-state index contributed by atoms with van der Waals surface area (Å²) < 4.78 is 44.6. The normalized spacial score (nSPS) is 11.3. The molecular formula is C18H20F3N3O2S. The number of carbonyl (C=O) groups is 1. The maximum Gasteiger partial charge on any atom is 0.433 e. The average Bonchev–Trinajstić information content (AvgIpc) is 2.65. The first-order valence-electron chi connectivity index (χ1n) is 8.33. The molecule has 9 heteroatoms. The number of benzene rings is 1. The number of thioether (sulfide) groups is 1. The van der Waals surface area contributed by atoms with E-state index in [9.17, 15) is 18.0 Å². The van der Waals surface area contributed by atoms with Gasteiger partial charge in [-0.2, -0.15) is 13.2 Å². The van der Waals surface area contributed by atoms with E-state index in [1.54, 1.807) is 24.3 Å². The SMILES string of the molecule is CCCNC(=O)CCSc1nc(-c2ccc(OC)cc2)cc(C(F)(F)F)n1. The molecule has 27 heavy (non-hydrogen) atoms. The Morgan fingerprint density at radius 3 is 2.52 bits per heavy atom. The summed E-state index contributed by atoms with van der Waals surface area (Å²) in [4.78, 5) is 19.4. The van der Waals surface area contributed by atoms with Crippen molar-refractivity contribution in [1.82, 2.24) is 15.3 Å². The maximum absolute atomic E-state index is 13.2. The van der Waals surface area contributed by atoms with Gasteiger partial charge < -0.3 is 10.1 Å². The van der Waals surface area contributed by atoms with Crippen LogP contribution < -0.4 is 10.1 Å². The summed E-state index contributed by atoms with van der Waals surface area (Å²) in [5.41, 5.74) is -0.328. The molecule has 0 aliphatic rings. The number of nitrogens with zero attached hydrogens (tertiary/aromatic N) is 2. The van der Waals surface area contributed by atoms with E-state index < -0.39 is 11.9 Å². The second-order valence-corrected chi connectivity index (χ2v) is 6.66. The smallest absolute Gasteiger partial charge is 0.433 e. The van der Waals surface area contributed by atoms with Gasteiger partial charge in [-0.15, -0.1) is 0 Å². The molecule has 0 spiro atoms. The predicted molar refractivity (Wildman–Crippen MR) is 97.7 cm³/mol. The summed E-state index contributed by atoms with van der Waals surface area (Å²) in [6.45, 7) is 2.51. The van der Waals surface area contributed by atoms with Crippen molar-refractivity contribution in [3.05, 3.63) is 36.0 Å². The molecule has 1 amide bonds. The average molecular weight is 399 g/mol. The third kappa shape index (κ3) is 6.42. The molecular weight excluding hydrogens is 379 g/mol. The van der Waals surface area contributed by atoms with Crippen molar-refractivity contribution >= 4 is 17.7 Å². The number of aromatic nitrogens is 2. The van der Waals surface area contributed by atoms with Crippen LogP contribution in [0.3, 0.4) is 0 Å². The highest BCUT2D eigenvalue weighted by Gasteiger charge is 2.33. The first kappa shape index (κ1) is 21.0. The molecule has 0 fully saturated rings. The summed E-state index contributed by atoms with van der Waals surface area (Å²) >= 11 is 1.02. The standard InChI is InChI=1S/C18H20F3N3O2S/c1-3-9-22-16(25)8-10-27-17-23-14(11-15(24-17)18(19,20)21)12-4-6-13(26-2)7-5-12/h4-7,11H,3,8-10H2,1-2H3,(H,22,25). The summed E-state index contributed by atoms with van der Waals surface area (Å²) in [5, 5.41) is 2.70. The number of rotatable bonds is 8. The number of nitrogens with one attached hydrogen (secondary N) is 1. The van der Waals surface area contributed by atoms with Crippen LogP contribution in [0.5, 0.6) is 5.75 Å². The Labute approximate surface area is 159 Å². The summed E-state index contributed by atoms with van der Waals surface area (Å²) in [6.07, 6.45) is -3.58. The molecule has 2 aromatic rings. The van der Waals surface area contributed by atoms with Crippen LogP contribution in [-0.2, 0) is 11.0 Å². The van der Waals surface area contributed by atoms with E-state index in [0.717, 1.165) is 24.2 Å². The van der Waals surface area contributed by atoms with Crippen LogP contribution >= 0.6 is 11.8 Å². The molecule has 0 aliphatic carbocycles. The first-order valence-corrected chi connectivity index (χ1v) is 9.32. The van der Waals surface area contributed by atoms with Crippen LogP contribution in [0, 0.1) is 0 Å². The molecule has 0 aliphatic heterocycles. The number of amides is 1. The van der Waals surface area contributed by atoms with Crippen LogP contribution in [0.25, 0.3) is 11.3 Å². The Balaban J connectivity index is 2.19. The molecule has 1 heterocycles. The van der Waals surface area contributed by atoms with Crippen molar-refractivity contribution in [1.29, 1.82) is 0 Å². The van der Waals surface area contributed by atoms with Crippen molar-refractivity contribution in [3.63, 3.8) is 0 Å². The van der Waals surface area contributed by atoms with Gasteiger partial charge >= 0.3 is 6.18 Å². The fraction of sp³-hybridized carbons (Fsp3) is 0.389. The minimum atomic E-state index is -4.59. The Hall–Kier alpha value is -2.29. The predicted octanol–water partition coefficient (Wildman–Crippen LogP) is 4.18. The Kier molecular flexibility index (Phi) is 7.46. The van der Waals surface area contributed by atoms with Crippen molar-refractivity contribution < 1.29 is 22.7 Å². The van der Waals surface area contributed by atoms with E-state index in [-0.39, 0.29) is 23.2 Å². The van der Waals surface area contributed by atoms with Crippen LogP contribution in [0.1, 0.15) is 25.5 Å². The zero-order valence-corrected chi connectivity index (χ0v) is 15.8. The summed E-state index contributed by atoms with van der Waals surface area (Å²) in [5.74, 6) is 0.738. The summed E-state index contributed by atoms with van der Waals surface area (Å²) in [7, 11) is 1.51. The number of ether oxygens (including phenoxy) is 1. The minimum Gasteiger partial charge on any atom is -0.497 e. The largest absolute Gasteiger partial charge is 0.497 e. The van der Waals surface area contributed by atoms with Gasteiger partial charge in [0, 0.05) is 24.3 Å². The molecule has 0 atom stereocenters. The zero-order valence-electron chi connectivity index (χ0n) is 15.0. The van der Waals surface area contributed by atoms with Crippen LogP contribution in [-0.4, -0.2) is 35.3 Å². The van der Waals surface area contributed by atoms with Gasteiger partial charge in [-0.1, -0.05) is 18.7 Å². The number of alkyl halides is 3. The molecule has 146 valence electrons. The van der Waals surface area contributed by atoms with E-state index in [2.05, 4.69) is 15.3 Å². The fourth-order valence-electron chi connectivity index (χ4n) is 2.13. The molecule has 1 aromatic heterocycles. The number of hydrogen-bond acceptors (Lipinski definition) is 5. The van der Waals surface area contributed by atoms with Gasteiger partial charge in [0.1, 0.15) is 11.4 Å². The third-order valence-corrected chi connectivity index (χ3v) is 4.36. The molecule has 5 nitrogen and oxygen atoms in total. The Morgan fingerprint density at radius 1 is 1.22 bits per heavy atom. The van der Waals surface area contributed by atoms with E-state index in [1.165, 1.54) is 7.11 Å². The van der Waals surface area contributed by atoms with Gasteiger partial charge in [-0.25, -0.2) is 9.97 Å². The van der Waals surface area contributed by atoms with Crippen molar-refractivity contribution in [2.75, 3.05) is 19.4 Å². The molecule has 1 N–H and O–H groups in total. The first-order chi connectivity index (χ1) is 12.8. The summed E-state index contributed by atoms with van der Waals surface area (Å²) in [6, 6.07) is 7.48. The van der Waals surface area contributed by atoms with Gasteiger partial charge in [0.25, 0.3) is 0 Å². The van der Waals surface area contributed by atoms with Gasteiger partial charge in [-0.3, -0.25) is 4.79 Å². The quantitative estimate of drug-likeness (QED) is 0.533. The fourth-order valence-corrected chi connectivity index (χ4v) is 2.93. The monoisotopic (exact) mass is 399 g/mol. The lowest BCUT2D eigenvalue weighted by atomic mass is 10.1. The molecule has 0 radical (unpaired) electrons. The zero-order chi connectivity index (χ0) is 19.9. The topological polar surface area (TPSA) is 64.1 Å². The Bertz CT molecular complexity index is 767. The van der Waals surface area contributed by atoms with Crippen molar-refractivity contribution in [2.24, 2.45) is 0 Å². The van der Waals surface area contributed by atoms with E-state index in [1.807, 2.05) is 6.92 Å². The van der Waals surface area contributed by atoms with Crippen LogP contribution in [0.4, 0.5) is 13.2 Å². The second kappa shape index (κ2) is 9.59. The number of hydrogen-bond donors (Lipinski definition) is 1. The van der Waals surface area contributed by atoms with E-state index in [4.69, 9.17) is 4.74 Å². The third-order valence-electron chi connectivity index (χ3n) is 3.51. The van der Waals surface area contributed by atoms with Crippen molar-refractivity contribution in [2.45, 2.75) is 31.1 Å². The van der Waals surface area contributed by atoms with Crippen molar-refractivity contribution in [3.8, 4) is 17.0 Å². The maximum atomic E-state index is 13.2. The molecule has 0 saturated carbocycles.